The summed E-state index contributed by atoms with van der Waals surface area (Å²) in [6.45, 7) is 2.90. The quantitative estimate of drug-likeness (QED) is 0.752. The molecule has 0 radical (unpaired) electrons. The van der Waals surface area contributed by atoms with Gasteiger partial charge in [0.15, 0.2) is 6.29 Å². The zero-order valence-corrected chi connectivity index (χ0v) is 12.9. The Morgan fingerprint density at radius 3 is 2.82 bits per heavy atom. The maximum atomic E-state index is 6.04. The summed E-state index contributed by atoms with van der Waals surface area (Å²) in [5.41, 5.74) is 2.19. The lowest BCUT2D eigenvalue weighted by Gasteiger charge is -2.24. The molecule has 1 aromatic carbocycles. The molecular weight excluding hydrogens is 276 g/mol. The number of pyridine rings is 1. The van der Waals surface area contributed by atoms with Crippen molar-refractivity contribution in [2.24, 2.45) is 0 Å². The lowest BCUT2D eigenvalue weighted by Crippen LogP contribution is -2.22. The summed E-state index contributed by atoms with van der Waals surface area (Å²) >= 11 is 0. The number of benzene rings is 1. The van der Waals surface area contributed by atoms with Gasteiger partial charge in [0.1, 0.15) is 0 Å². The third-order valence-corrected chi connectivity index (χ3v) is 3.81. The molecule has 116 valence electrons. The van der Waals surface area contributed by atoms with Crippen LogP contribution >= 0.6 is 0 Å². The fourth-order valence-corrected chi connectivity index (χ4v) is 2.64. The van der Waals surface area contributed by atoms with Gasteiger partial charge in [0.2, 0.25) is 0 Å². The highest BCUT2D eigenvalue weighted by atomic mass is 16.8. The first kappa shape index (κ1) is 15.0. The van der Waals surface area contributed by atoms with E-state index in [9.17, 15) is 0 Å². The van der Waals surface area contributed by atoms with Gasteiger partial charge in [0.05, 0.1) is 11.7 Å². The lowest BCUT2D eigenvalue weighted by atomic mass is 10.1. The van der Waals surface area contributed by atoms with Gasteiger partial charge in [-0.3, -0.25) is 4.98 Å². The molecule has 3 rings (SSSR count). The molecule has 4 heteroatoms. The number of ether oxygens (including phenoxy) is 1. The number of aromatic nitrogens is 1. The molecule has 1 aliphatic rings. The van der Waals surface area contributed by atoms with Crippen molar-refractivity contribution in [1.29, 1.82) is 0 Å². The first-order valence-electron chi connectivity index (χ1n) is 7.91. The highest BCUT2D eigenvalue weighted by Gasteiger charge is 2.35. The molecule has 1 aromatic heterocycles. The molecule has 2 atom stereocenters. The number of para-hydroxylation sites is 1. The summed E-state index contributed by atoms with van der Waals surface area (Å²) in [4.78, 5) is 10.3. The Kier molecular flexibility index (Phi) is 5.03. The first-order chi connectivity index (χ1) is 10.9. The average Bonchev–Trinajstić information content (AvgIpc) is 3.01. The van der Waals surface area contributed by atoms with Crippen molar-refractivity contribution >= 4 is 5.69 Å². The van der Waals surface area contributed by atoms with Crippen LogP contribution in [0.3, 0.4) is 0 Å². The Morgan fingerprint density at radius 1 is 1.23 bits per heavy atom. The van der Waals surface area contributed by atoms with Crippen molar-refractivity contribution in [2.45, 2.75) is 38.5 Å². The molecule has 0 bridgehead atoms. The van der Waals surface area contributed by atoms with Crippen LogP contribution in [-0.4, -0.2) is 17.9 Å². The van der Waals surface area contributed by atoms with E-state index in [1.54, 1.807) is 6.20 Å². The second-order valence-corrected chi connectivity index (χ2v) is 5.46. The summed E-state index contributed by atoms with van der Waals surface area (Å²) < 4.78 is 5.86. The van der Waals surface area contributed by atoms with Gasteiger partial charge in [-0.25, -0.2) is 9.90 Å². The van der Waals surface area contributed by atoms with Crippen molar-refractivity contribution in [3.63, 3.8) is 0 Å². The Bertz CT molecular complexity index is 514. The van der Waals surface area contributed by atoms with E-state index in [2.05, 4.69) is 30.1 Å². The minimum atomic E-state index is -0.197. The van der Waals surface area contributed by atoms with E-state index in [1.807, 2.05) is 35.5 Å². The molecule has 4 nitrogen and oxygen atoms in total. The zero-order chi connectivity index (χ0) is 15.2. The number of nitrogens with zero attached hydrogens (tertiary/aromatic N) is 2. The average molecular weight is 298 g/mol. The van der Waals surface area contributed by atoms with Crippen LogP contribution in [0.5, 0.6) is 0 Å². The van der Waals surface area contributed by atoms with Gasteiger partial charge < -0.3 is 4.74 Å². The van der Waals surface area contributed by atoms with Crippen LogP contribution in [0.15, 0.2) is 54.9 Å². The molecule has 1 aliphatic heterocycles. The van der Waals surface area contributed by atoms with E-state index in [-0.39, 0.29) is 12.3 Å². The first-order valence-corrected chi connectivity index (χ1v) is 7.91. The smallest absolute Gasteiger partial charge is 0.186 e. The van der Waals surface area contributed by atoms with E-state index in [4.69, 9.17) is 9.57 Å². The van der Waals surface area contributed by atoms with Crippen LogP contribution < -0.4 is 5.06 Å². The highest BCUT2D eigenvalue weighted by molar-refractivity contribution is 5.46. The van der Waals surface area contributed by atoms with E-state index < -0.39 is 0 Å². The van der Waals surface area contributed by atoms with E-state index in [0.717, 1.165) is 37.1 Å². The van der Waals surface area contributed by atoms with Crippen molar-refractivity contribution in [2.75, 3.05) is 11.7 Å². The van der Waals surface area contributed by atoms with Crippen LogP contribution in [-0.2, 0) is 9.57 Å². The van der Waals surface area contributed by atoms with Crippen LogP contribution in [0, 0.1) is 0 Å². The predicted molar refractivity (Wildman–Crippen MR) is 86.2 cm³/mol. The Hall–Kier alpha value is -1.91. The fourth-order valence-electron chi connectivity index (χ4n) is 2.64. The standard InChI is InChI=1S/C18H22N2O2/c1-2-3-12-21-18-13-17(15-8-7-11-19-14-15)20(22-18)16-9-5-4-6-10-16/h4-11,14,17-18H,2-3,12-13H2,1H3. The van der Waals surface area contributed by atoms with Gasteiger partial charge in [0, 0.05) is 25.4 Å². The largest absolute Gasteiger partial charge is 0.350 e. The maximum Gasteiger partial charge on any atom is 0.186 e. The highest BCUT2D eigenvalue weighted by Crippen LogP contribution is 2.37. The van der Waals surface area contributed by atoms with E-state index >= 15 is 0 Å². The van der Waals surface area contributed by atoms with Crippen LogP contribution in [0.25, 0.3) is 0 Å². The summed E-state index contributed by atoms with van der Waals surface area (Å²) in [6.07, 6.45) is 6.49. The maximum absolute atomic E-state index is 6.04. The Balaban J connectivity index is 1.78. The van der Waals surface area contributed by atoms with Crippen molar-refractivity contribution in [3.8, 4) is 0 Å². The summed E-state index contributed by atoms with van der Waals surface area (Å²) in [6, 6.07) is 14.3. The number of hydrogen-bond acceptors (Lipinski definition) is 4. The summed E-state index contributed by atoms with van der Waals surface area (Å²) in [5, 5.41) is 1.95. The number of anilines is 1. The number of hydroxylamine groups is 1. The number of unbranched alkanes of at least 4 members (excludes halogenated alkanes) is 1. The minimum absolute atomic E-state index is 0.128. The number of rotatable bonds is 6. The number of hydrogen-bond donors (Lipinski definition) is 0. The molecule has 2 aromatic rings. The molecular formula is C18H22N2O2. The van der Waals surface area contributed by atoms with Gasteiger partial charge in [-0.05, 0) is 30.2 Å². The zero-order valence-electron chi connectivity index (χ0n) is 12.9. The van der Waals surface area contributed by atoms with Gasteiger partial charge in [0.25, 0.3) is 0 Å². The molecule has 0 N–H and O–H groups in total. The second-order valence-electron chi connectivity index (χ2n) is 5.46. The third-order valence-electron chi connectivity index (χ3n) is 3.81. The van der Waals surface area contributed by atoms with E-state index in [1.165, 1.54) is 0 Å². The SMILES string of the molecule is CCCCOC1CC(c2cccnc2)N(c2ccccc2)O1. The Labute approximate surface area is 131 Å². The van der Waals surface area contributed by atoms with Gasteiger partial charge in [-0.15, -0.1) is 0 Å². The molecule has 1 saturated heterocycles. The van der Waals surface area contributed by atoms with Crippen LogP contribution in [0.4, 0.5) is 5.69 Å². The van der Waals surface area contributed by atoms with Gasteiger partial charge in [-0.1, -0.05) is 37.6 Å². The molecule has 2 heterocycles. The summed E-state index contributed by atoms with van der Waals surface area (Å²) in [7, 11) is 0. The van der Waals surface area contributed by atoms with Gasteiger partial charge in [-0.2, -0.15) is 0 Å². The van der Waals surface area contributed by atoms with Crippen molar-refractivity contribution in [1.82, 2.24) is 4.98 Å². The van der Waals surface area contributed by atoms with Crippen molar-refractivity contribution < 1.29 is 9.57 Å². The second kappa shape index (κ2) is 7.38. The molecule has 0 spiro atoms. The predicted octanol–water partition coefficient (Wildman–Crippen LogP) is 4.11. The third kappa shape index (κ3) is 3.46. The molecule has 0 amide bonds. The molecule has 22 heavy (non-hydrogen) atoms. The van der Waals surface area contributed by atoms with Crippen molar-refractivity contribution in [3.05, 3.63) is 60.4 Å². The van der Waals surface area contributed by atoms with E-state index in [0.29, 0.717) is 0 Å². The minimum Gasteiger partial charge on any atom is -0.350 e. The van der Waals surface area contributed by atoms with Gasteiger partial charge >= 0.3 is 0 Å². The van der Waals surface area contributed by atoms with Crippen LogP contribution in [0.1, 0.15) is 37.8 Å². The molecule has 1 fully saturated rings. The fraction of sp³-hybridized carbons (Fsp3) is 0.389. The summed E-state index contributed by atoms with van der Waals surface area (Å²) in [5.74, 6) is 0. The normalized spacial score (nSPS) is 21.2. The lowest BCUT2D eigenvalue weighted by molar-refractivity contribution is -0.119. The topological polar surface area (TPSA) is 34.6 Å². The Morgan fingerprint density at radius 2 is 2.09 bits per heavy atom. The molecule has 0 saturated carbocycles. The van der Waals surface area contributed by atoms with Crippen LogP contribution in [0.2, 0.25) is 0 Å². The molecule has 2 unspecified atom stereocenters. The monoisotopic (exact) mass is 298 g/mol. The molecule has 0 aliphatic carbocycles.